The van der Waals surface area contributed by atoms with Gasteiger partial charge in [0.05, 0.1) is 17.2 Å². The number of hydrogen-bond donors (Lipinski definition) is 1. The van der Waals surface area contributed by atoms with E-state index in [1.165, 1.54) is 12.1 Å². The van der Waals surface area contributed by atoms with Crippen molar-refractivity contribution in [1.82, 2.24) is 4.90 Å². The number of rotatable bonds is 5. The van der Waals surface area contributed by atoms with E-state index in [1.807, 2.05) is 0 Å². The molecule has 1 heterocycles. The molecule has 0 spiro atoms. The number of anilines is 1. The van der Waals surface area contributed by atoms with Crippen molar-refractivity contribution in [3.8, 4) is 5.75 Å². The zero-order valence-corrected chi connectivity index (χ0v) is 12.9. The Morgan fingerprint density at radius 2 is 2.00 bits per heavy atom. The maximum absolute atomic E-state index is 12.4. The summed E-state index contributed by atoms with van der Waals surface area (Å²) >= 11 is 0. The van der Waals surface area contributed by atoms with Gasteiger partial charge in [0.1, 0.15) is 11.5 Å². The molecule has 1 saturated heterocycles. The highest BCUT2D eigenvalue weighted by atomic mass is 32.2. The van der Waals surface area contributed by atoms with Crippen LogP contribution in [0.25, 0.3) is 0 Å². The van der Waals surface area contributed by atoms with Crippen LogP contribution in [0.2, 0.25) is 0 Å². The summed E-state index contributed by atoms with van der Waals surface area (Å²) in [6.07, 6.45) is 1.85. The van der Waals surface area contributed by atoms with Crippen LogP contribution < -0.4 is 10.5 Å². The number of nitrogen functional groups attached to an aromatic ring is 1. The van der Waals surface area contributed by atoms with Crippen LogP contribution in [0.5, 0.6) is 5.75 Å². The summed E-state index contributed by atoms with van der Waals surface area (Å²) in [6.45, 7) is 3.49. The fraction of sp³-hybridized carbons (Fsp3) is 0.500. The van der Waals surface area contributed by atoms with Crippen molar-refractivity contribution < 1.29 is 17.9 Å². The second kappa shape index (κ2) is 6.34. The van der Waals surface area contributed by atoms with Crippen molar-refractivity contribution in [3.63, 3.8) is 0 Å². The molecule has 0 unspecified atom stereocenters. The van der Waals surface area contributed by atoms with Gasteiger partial charge in [0.25, 0.3) is 0 Å². The van der Waals surface area contributed by atoms with Crippen molar-refractivity contribution in [2.24, 2.45) is 0 Å². The van der Waals surface area contributed by atoms with Crippen LogP contribution in [0.4, 0.5) is 5.69 Å². The predicted octanol–water partition coefficient (Wildman–Crippen LogP) is 1.06. The third kappa shape index (κ3) is 3.66. The van der Waals surface area contributed by atoms with Crippen molar-refractivity contribution in [1.29, 1.82) is 0 Å². The summed E-state index contributed by atoms with van der Waals surface area (Å²) in [7, 11) is -3.76. The van der Waals surface area contributed by atoms with Crippen LogP contribution in [0.1, 0.15) is 19.8 Å². The van der Waals surface area contributed by atoms with Crippen LogP contribution in [-0.2, 0) is 14.6 Å². The van der Waals surface area contributed by atoms with Gasteiger partial charge in [-0.1, -0.05) is 0 Å². The molecular formula is C14H20N2O4S. The maximum Gasteiger partial charge on any atom is 0.238 e. The van der Waals surface area contributed by atoms with E-state index < -0.39 is 15.6 Å². The Balaban J connectivity index is 2.22. The Kier molecular flexibility index (Phi) is 4.72. The van der Waals surface area contributed by atoms with Gasteiger partial charge in [-0.15, -0.1) is 0 Å². The minimum absolute atomic E-state index is 0.0407. The van der Waals surface area contributed by atoms with Crippen LogP contribution in [-0.4, -0.2) is 44.7 Å². The number of hydrogen-bond acceptors (Lipinski definition) is 5. The van der Waals surface area contributed by atoms with Crippen molar-refractivity contribution >= 4 is 21.4 Å². The van der Waals surface area contributed by atoms with Gasteiger partial charge < -0.3 is 15.4 Å². The van der Waals surface area contributed by atoms with Gasteiger partial charge in [0, 0.05) is 19.2 Å². The Hall–Kier alpha value is -1.76. The van der Waals surface area contributed by atoms with Gasteiger partial charge in [0.15, 0.2) is 9.84 Å². The average molecular weight is 312 g/mol. The Bertz CT molecular complexity index is 622. The third-order valence-corrected chi connectivity index (χ3v) is 5.05. The Morgan fingerprint density at radius 3 is 2.62 bits per heavy atom. The molecule has 116 valence electrons. The molecule has 0 saturated carbocycles. The molecule has 0 aliphatic carbocycles. The van der Waals surface area contributed by atoms with Gasteiger partial charge in [-0.2, -0.15) is 0 Å². The molecule has 1 fully saturated rings. The fourth-order valence-electron chi connectivity index (χ4n) is 2.34. The van der Waals surface area contributed by atoms with Crippen LogP contribution in [0.3, 0.4) is 0 Å². The lowest BCUT2D eigenvalue weighted by Crippen LogP contribution is -2.33. The van der Waals surface area contributed by atoms with Crippen LogP contribution >= 0.6 is 0 Å². The first-order chi connectivity index (χ1) is 9.94. The Labute approximate surface area is 124 Å². The largest absolute Gasteiger partial charge is 0.494 e. The van der Waals surface area contributed by atoms with Gasteiger partial charge >= 0.3 is 0 Å². The van der Waals surface area contributed by atoms with E-state index in [9.17, 15) is 13.2 Å². The molecule has 0 aromatic heterocycles. The molecular weight excluding hydrogens is 292 g/mol. The first kappa shape index (κ1) is 15.6. The van der Waals surface area contributed by atoms with E-state index in [0.717, 1.165) is 12.8 Å². The van der Waals surface area contributed by atoms with Crippen LogP contribution in [0.15, 0.2) is 23.1 Å². The lowest BCUT2D eigenvalue weighted by Gasteiger charge is -2.16. The predicted molar refractivity (Wildman–Crippen MR) is 79.9 cm³/mol. The third-order valence-electron chi connectivity index (χ3n) is 3.40. The van der Waals surface area contributed by atoms with E-state index in [4.69, 9.17) is 10.5 Å². The summed E-state index contributed by atoms with van der Waals surface area (Å²) in [6, 6.07) is 4.48. The van der Waals surface area contributed by atoms with E-state index >= 15 is 0 Å². The molecule has 21 heavy (non-hydrogen) atoms. The van der Waals surface area contributed by atoms with Crippen LogP contribution in [0, 0.1) is 0 Å². The molecule has 2 N–H and O–H groups in total. The number of benzene rings is 1. The molecule has 0 bridgehead atoms. The number of sulfone groups is 1. The number of carbonyl (C=O) groups is 1. The molecule has 7 heteroatoms. The number of nitrogens with two attached hydrogens (primary N) is 1. The van der Waals surface area contributed by atoms with E-state index in [2.05, 4.69) is 0 Å². The summed E-state index contributed by atoms with van der Waals surface area (Å²) in [4.78, 5) is 13.6. The average Bonchev–Trinajstić information content (AvgIpc) is 2.94. The summed E-state index contributed by atoms with van der Waals surface area (Å²) in [5.74, 6) is -0.486. The first-order valence-corrected chi connectivity index (χ1v) is 8.62. The summed E-state index contributed by atoms with van der Waals surface area (Å²) in [5, 5.41) is 0. The minimum atomic E-state index is -3.76. The monoisotopic (exact) mass is 312 g/mol. The lowest BCUT2D eigenvalue weighted by molar-refractivity contribution is -0.127. The highest BCUT2D eigenvalue weighted by molar-refractivity contribution is 7.92. The molecule has 1 amide bonds. The molecule has 1 aliphatic heterocycles. The fourth-order valence-corrected chi connectivity index (χ4v) is 3.72. The number of ether oxygens (including phenoxy) is 1. The lowest BCUT2D eigenvalue weighted by atomic mass is 10.3. The second-order valence-electron chi connectivity index (χ2n) is 4.98. The van der Waals surface area contributed by atoms with Crippen molar-refractivity contribution in [2.75, 3.05) is 31.2 Å². The number of amides is 1. The smallest absolute Gasteiger partial charge is 0.238 e. The number of likely N-dealkylation sites (tertiary alicyclic amines) is 1. The first-order valence-electron chi connectivity index (χ1n) is 6.97. The van der Waals surface area contributed by atoms with Gasteiger partial charge in [-0.05, 0) is 31.9 Å². The second-order valence-corrected chi connectivity index (χ2v) is 6.94. The standard InChI is InChI=1S/C14H20N2O4S/c1-2-20-11-5-6-12(15)13(9-11)21(18,19)10-14(17)16-7-3-4-8-16/h5-6,9H,2-4,7-8,10,15H2,1H3. The van der Waals surface area contributed by atoms with Crippen molar-refractivity contribution in [3.05, 3.63) is 18.2 Å². The SMILES string of the molecule is CCOc1ccc(N)c(S(=O)(=O)CC(=O)N2CCCC2)c1. The molecule has 2 rings (SSSR count). The summed E-state index contributed by atoms with van der Waals surface area (Å²) in [5.41, 5.74) is 5.87. The van der Waals surface area contributed by atoms with E-state index in [1.54, 1.807) is 17.9 Å². The zero-order valence-electron chi connectivity index (χ0n) is 12.0. The van der Waals surface area contributed by atoms with Gasteiger partial charge in [-0.25, -0.2) is 8.42 Å². The quantitative estimate of drug-likeness (QED) is 0.821. The normalized spacial score (nSPS) is 15.2. The minimum Gasteiger partial charge on any atom is -0.494 e. The molecule has 1 aromatic carbocycles. The number of carbonyl (C=O) groups excluding carboxylic acids is 1. The van der Waals surface area contributed by atoms with E-state index in [-0.39, 0.29) is 16.5 Å². The molecule has 0 radical (unpaired) electrons. The van der Waals surface area contributed by atoms with Gasteiger partial charge in [-0.3, -0.25) is 4.79 Å². The molecule has 1 aromatic rings. The highest BCUT2D eigenvalue weighted by Crippen LogP contribution is 2.25. The highest BCUT2D eigenvalue weighted by Gasteiger charge is 2.27. The zero-order chi connectivity index (χ0) is 15.5. The molecule has 0 atom stereocenters. The Morgan fingerprint density at radius 1 is 1.33 bits per heavy atom. The molecule has 6 nitrogen and oxygen atoms in total. The number of nitrogens with zero attached hydrogens (tertiary/aromatic N) is 1. The molecule has 1 aliphatic rings. The topological polar surface area (TPSA) is 89.7 Å². The van der Waals surface area contributed by atoms with Crippen molar-refractivity contribution in [2.45, 2.75) is 24.7 Å². The maximum atomic E-state index is 12.4. The summed E-state index contributed by atoms with van der Waals surface area (Å²) < 4.78 is 30.1. The van der Waals surface area contributed by atoms with Gasteiger partial charge in [0.2, 0.25) is 5.91 Å². The van der Waals surface area contributed by atoms with E-state index in [0.29, 0.717) is 25.4 Å².